The summed E-state index contributed by atoms with van der Waals surface area (Å²) >= 11 is 1.24. The van der Waals surface area contributed by atoms with Gasteiger partial charge < -0.3 is 15.6 Å². The number of nitrogens with one attached hydrogen (secondary N) is 1. The molecule has 3 N–H and O–H groups in total. The number of carbonyl (C=O) groups is 1. The Morgan fingerprint density at radius 2 is 1.80 bits per heavy atom. The van der Waals surface area contributed by atoms with E-state index >= 15 is 0 Å². The Balaban J connectivity index is 1.50. The highest BCUT2D eigenvalue weighted by atomic mass is 32.2. The number of hydrogen-bond acceptors (Lipinski definition) is 6. The van der Waals surface area contributed by atoms with E-state index in [-0.39, 0.29) is 5.91 Å². The van der Waals surface area contributed by atoms with Crippen molar-refractivity contribution in [2.24, 2.45) is 0 Å². The largest absolute Gasteiger partial charge is 0.469 e. The summed E-state index contributed by atoms with van der Waals surface area (Å²) in [6.07, 6.45) is 1.58. The van der Waals surface area contributed by atoms with Crippen LogP contribution in [-0.2, 0) is 4.79 Å². The predicted octanol–water partition coefficient (Wildman–Crippen LogP) is 4.35. The SMILES string of the molecule is Cc1occc1-c1nnc(SC(C)C(=O)Nc2ccccc2-c2ccccc2)n1N. The first-order valence-electron chi connectivity index (χ1n) is 9.41. The number of nitrogens with zero attached hydrogens (tertiary/aromatic N) is 3. The molecule has 2 aromatic heterocycles. The van der Waals surface area contributed by atoms with Crippen LogP contribution in [0.5, 0.6) is 0 Å². The quantitative estimate of drug-likeness (QED) is 0.356. The van der Waals surface area contributed by atoms with Gasteiger partial charge in [-0.05, 0) is 31.5 Å². The summed E-state index contributed by atoms with van der Waals surface area (Å²) < 4.78 is 6.69. The molecule has 0 radical (unpaired) electrons. The van der Waals surface area contributed by atoms with E-state index in [1.54, 1.807) is 12.3 Å². The molecule has 0 aliphatic carbocycles. The van der Waals surface area contributed by atoms with Gasteiger partial charge >= 0.3 is 0 Å². The van der Waals surface area contributed by atoms with Gasteiger partial charge in [0.15, 0.2) is 5.82 Å². The third-order valence-corrected chi connectivity index (χ3v) is 5.74. The zero-order valence-corrected chi connectivity index (χ0v) is 17.4. The molecule has 1 amide bonds. The lowest BCUT2D eigenvalue weighted by Crippen LogP contribution is -2.24. The van der Waals surface area contributed by atoms with Crippen molar-refractivity contribution in [3.8, 4) is 22.5 Å². The van der Waals surface area contributed by atoms with Crippen molar-refractivity contribution in [2.75, 3.05) is 11.2 Å². The van der Waals surface area contributed by atoms with Crippen molar-refractivity contribution in [1.82, 2.24) is 14.9 Å². The molecule has 152 valence electrons. The standard InChI is InChI=1S/C22H21N5O2S/c1-14-17(12-13-29-14)20-25-26-22(27(20)23)30-15(2)21(28)24-19-11-7-6-10-18(19)16-8-4-3-5-9-16/h3-13,15H,23H2,1-2H3,(H,24,28). The second-order valence-electron chi connectivity index (χ2n) is 6.73. The fourth-order valence-corrected chi connectivity index (χ4v) is 3.84. The summed E-state index contributed by atoms with van der Waals surface area (Å²) in [5.41, 5.74) is 3.52. The number of furan rings is 1. The molecule has 0 saturated heterocycles. The molecule has 30 heavy (non-hydrogen) atoms. The summed E-state index contributed by atoms with van der Waals surface area (Å²) in [7, 11) is 0. The van der Waals surface area contributed by atoms with Crippen LogP contribution in [0.3, 0.4) is 0 Å². The van der Waals surface area contributed by atoms with Gasteiger partial charge in [0, 0.05) is 11.3 Å². The lowest BCUT2D eigenvalue weighted by Gasteiger charge is -2.14. The van der Waals surface area contributed by atoms with Gasteiger partial charge in [-0.2, -0.15) is 0 Å². The minimum atomic E-state index is -0.432. The average molecular weight is 420 g/mol. The molecule has 0 bridgehead atoms. The number of nitrogen functional groups attached to an aromatic ring is 1. The number of hydrogen-bond donors (Lipinski definition) is 2. The van der Waals surface area contributed by atoms with Crippen molar-refractivity contribution >= 4 is 23.4 Å². The number of rotatable bonds is 6. The number of aromatic nitrogens is 3. The number of aryl methyl sites for hydroxylation is 1. The lowest BCUT2D eigenvalue weighted by atomic mass is 10.0. The normalized spacial score (nSPS) is 11.9. The molecule has 2 aromatic carbocycles. The smallest absolute Gasteiger partial charge is 0.237 e. The fraction of sp³-hybridized carbons (Fsp3) is 0.136. The number of thioether (sulfide) groups is 1. The molecule has 0 aliphatic rings. The molecular weight excluding hydrogens is 398 g/mol. The van der Waals surface area contributed by atoms with Crippen LogP contribution in [0, 0.1) is 6.92 Å². The van der Waals surface area contributed by atoms with E-state index in [4.69, 9.17) is 10.3 Å². The van der Waals surface area contributed by atoms with Gasteiger partial charge in [-0.25, -0.2) is 4.68 Å². The topological polar surface area (TPSA) is 99.0 Å². The average Bonchev–Trinajstić information content (AvgIpc) is 3.34. The van der Waals surface area contributed by atoms with Gasteiger partial charge in [0.05, 0.1) is 17.1 Å². The lowest BCUT2D eigenvalue weighted by molar-refractivity contribution is -0.115. The minimum Gasteiger partial charge on any atom is -0.469 e. The molecule has 4 aromatic rings. The number of carbonyl (C=O) groups excluding carboxylic acids is 1. The highest BCUT2D eigenvalue weighted by Crippen LogP contribution is 2.30. The molecule has 7 nitrogen and oxygen atoms in total. The first-order valence-corrected chi connectivity index (χ1v) is 10.3. The number of nitrogens with two attached hydrogens (primary N) is 1. The van der Waals surface area contributed by atoms with Crippen molar-refractivity contribution in [1.29, 1.82) is 0 Å². The Bertz CT molecular complexity index is 1170. The summed E-state index contributed by atoms with van der Waals surface area (Å²) in [5, 5.41) is 11.3. The van der Waals surface area contributed by atoms with E-state index in [2.05, 4.69) is 15.5 Å². The maximum absolute atomic E-state index is 12.9. The summed E-state index contributed by atoms with van der Waals surface area (Å²) in [5.74, 6) is 7.21. The van der Waals surface area contributed by atoms with E-state index in [0.717, 1.165) is 22.4 Å². The van der Waals surface area contributed by atoms with Gasteiger partial charge in [0.1, 0.15) is 5.76 Å². The summed E-state index contributed by atoms with van der Waals surface area (Å²) in [4.78, 5) is 12.9. The highest BCUT2D eigenvalue weighted by Gasteiger charge is 2.22. The Labute approximate surface area is 178 Å². The van der Waals surface area contributed by atoms with E-state index in [9.17, 15) is 4.79 Å². The number of anilines is 1. The molecule has 0 spiro atoms. The maximum Gasteiger partial charge on any atom is 0.237 e. The molecule has 0 saturated carbocycles. The minimum absolute atomic E-state index is 0.146. The van der Waals surface area contributed by atoms with E-state index in [0.29, 0.717) is 16.7 Å². The van der Waals surface area contributed by atoms with Crippen LogP contribution in [0.15, 0.2) is 76.5 Å². The van der Waals surface area contributed by atoms with Gasteiger partial charge in [-0.15, -0.1) is 10.2 Å². The van der Waals surface area contributed by atoms with Crippen LogP contribution < -0.4 is 11.2 Å². The van der Waals surface area contributed by atoms with Crippen molar-refractivity contribution < 1.29 is 9.21 Å². The second kappa shape index (κ2) is 8.46. The monoisotopic (exact) mass is 419 g/mol. The molecule has 2 heterocycles. The van der Waals surface area contributed by atoms with E-state index in [1.807, 2.05) is 68.4 Å². The summed E-state index contributed by atoms with van der Waals surface area (Å²) in [6.45, 7) is 3.64. The molecule has 4 rings (SSSR count). The zero-order valence-electron chi connectivity index (χ0n) is 16.6. The van der Waals surface area contributed by atoms with Crippen LogP contribution in [0.4, 0.5) is 5.69 Å². The Morgan fingerprint density at radius 3 is 2.53 bits per heavy atom. The molecular formula is C22H21N5O2S. The van der Waals surface area contributed by atoms with E-state index in [1.165, 1.54) is 16.4 Å². The fourth-order valence-electron chi connectivity index (χ4n) is 3.07. The van der Waals surface area contributed by atoms with Crippen LogP contribution in [0.2, 0.25) is 0 Å². The highest BCUT2D eigenvalue weighted by molar-refractivity contribution is 8.00. The molecule has 0 fully saturated rings. The van der Waals surface area contributed by atoms with Crippen LogP contribution in [0.25, 0.3) is 22.5 Å². The zero-order chi connectivity index (χ0) is 21.1. The Kier molecular flexibility index (Phi) is 5.58. The molecule has 0 aliphatic heterocycles. The number of benzene rings is 2. The van der Waals surface area contributed by atoms with Crippen molar-refractivity contribution in [2.45, 2.75) is 24.3 Å². The van der Waals surface area contributed by atoms with Crippen LogP contribution in [0.1, 0.15) is 12.7 Å². The number of para-hydroxylation sites is 1. The third-order valence-electron chi connectivity index (χ3n) is 4.69. The first-order chi connectivity index (χ1) is 14.5. The summed E-state index contributed by atoms with van der Waals surface area (Å²) in [6, 6.07) is 19.4. The second-order valence-corrected chi connectivity index (χ2v) is 8.04. The molecule has 1 atom stereocenters. The third kappa shape index (κ3) is 3.95. The van der Waals surface area contributed by atoms with Gasteiger partial charge in [-0.3, -0.25) is 4.79 Å². The number of amides is 1. The van der Waals surface area contributed by atoms with E-state index < -0.39 is 5.25 Å². The predicted molar refractivity (Wildman–Crippen MR) is 118 cm³/mol. The van der Waals surface area contributed by atoms with Crippen molar-refractivity contribution in [3.05, 3.63) is 72.7 Å². The van der Waals surface area contributed by atoms with Gasteiger partial charge in [-0.1, -0.05) is 60.3 Å². The van der Waals surface area contributed by atoms with Gasteiger partial charge in [0.2, 0.25) is 11.1 Å². The van der Waals surface area contributed by atoms with Crippen LogP contribution in [-0.4, -0.2) is 26.0 Å². The maximum atomic E-state index is 12.9. The Morgan fingerprint density at radius 1 is 1.07 bits per heavy atom. The molecule has 1 unspecified atom stereocenters. The Hall–Kier alpha value is -3.52. The molecule has 8 heteroatoms. The van der Waals surface area contributed by atoms with Crippen molar-refractivity contribution in [3.63, 3.8) is 0 Å². The van der Waals surface area contributed by atoms with Gasteiger partial charge in [0.25, 0.3) is 0 Å². The first kappa shape index (κ1) is 19.8. The van der Waals surface area contributed by atoms with Crippen LogP contribution >= 0.6 is 11.8 Å².